The Hall–Kier alpha value is -3.78. The van der Waals surface area contributed by atoms with Crippen molar-refractivity contribution in [1.29, 1.82) is 0 Å². The summed E-state index contributed by atoms with van der Waals surface area (Å²) >= 11 is 1.56. The Balaban J connectivity index is 1.78. The molecular weight excluding hydrogens is 464 g/mol. The van der Waals surface area contributed by atoms with Crippen molar-refractivity contribution in [1.82, 2.24) is 9.88 Å². The van der Waals surface area contributed by atoms with Gasteiger partial charge in [0.1, 0.15) is 0 Å². The molecule has 2 aromatic carbocycles. The van der Waals surface area contributed by atoms with Gasteiger partial charge in [0.2, 0.25) is 5.75 Å². The molecule has 4 aromatic rings. The van der Waals surface area contributed by atoms with Gasteiger partial charge >= 0.3 is 0 Å². The number of H-pyrrole nitrogens is 1. The van der Waals surface area contributed by atoms with Crippen LogP contribution in [0.1, 0.15) is 31.9 Å². The fraction of sp³-hybridized carbons (Fsp3) is 0.259. The predicted octanol–water partition coefficient (Wildman–Crippen LogP) is 5.07. The molecule has 7 nitrogen and oxygen atoms in total. The number of aryl methyl sites for hydroxylation is 2. The number of pyridine rings is 1. The van der Waals surface area contributed by atoms with Crippen LogP contribution in [0.3, 0.4) is 0 Å². The number of nitrogens with one attached hydrogen (secondary N) is 1. The molecule has 0 saturated carbocycles. The van der Waals surface area contributed by atoms with E-state index in [0.717, 1.165) is 26.9 Å². The van der Waals surface area contributed by atoms with Gasteiger partial charge in [0.05, 0.1) is 39.9 Å². The summed E-state index contributed by atoms with van der Waals surface area (Å²) in [5, 5.41) is 2.93. The van der Waals surface area contributed by atoms with Crippen LogP contribution < -0.4 is 19.8 Å². The third-order valence-electron chi connectivity index (χ3n) is 6.01. The van der Waals surface area contributed by atoms with Gasteiger partial charge in [-0.3, -0.25) is 9.59 Å². The Morgan fingerprint density at radius 2 is 1.63 bits per heavy atom. The van der Waals surface area contributed by atoms with E-state index in [0.29, 0.717) is 34.9 Å². The Kier molecular flexibility index (Phi) is 7.12. The first-order chi connectivity index (χ1) is 16.9. The van der Waals surface area contributed by atoms with Crippen molar-refractivity contribution in [2.24, 2.45) is 0 Å². The standard InChI is InChI=1S/C27H28N2O5S/c1-16-8-9-17(2)24-21(16)11-19(26(30)28-24)14-29(15-20-7-6-10-35-20)27(31)18-12-22(32-3)25(34-5)23(13-18)33-4/h6-13H,14-15H2,1-5H3,(H,28,30). The summed E-state index contributed by atoms with van der Waals surface area (Å²) in [4.78, 5) is 32.5. The van der Waals surface area contributed by atoms with Gasteiger partial charge in [0, 0.05) is 21.4 Å². The Labute approximate surface area is 207 Å². The zero-order valence-corrected chi connectivity index (χ0v) is 21.2. The summed E-state index contributed by atoms with van der Waals surface area (Å²) in [5.41, 5.74) is 3.56. The number of ether oxygens (including phenoxy) is 3. The Bertz CT molecular complexity index is 1400. The van der Waals surface area contributed by atoms with Crippen LogP contribution in [0.15, 0.2) is 52.6 Å². The lowest BCUT2D eigenvalue weighted by Crippen LogP contribution is -2.32. The Morgan fingerprint density at radius 3 is 2.23 bits per heavy atom. The number of thiophene rings is 1. The predicted molar refractivity (Wildman–Crippen MR) is 138 cm³/mol. The highest BCUT2D eigenvalue weighted by Gasteiger charge is 2.23. The van der Waals surface area contributed by atoms with Gasteiger partial charge in [-0.1, -0.05) is 18.2 Å². The smallest absolute Gasteiger partial charge is 0.254 e. The number of benzene rings is 2. The van der Waals surface area contributed by atoms with E-state index >= 15 is 0 Å². The topological polar surface area (TPSA) is 80.9 Å². The molecule has 0 spiro atoms. The van der Waals surface area contributed by atoms with Crippen LogP contribution >= 0.6 is 11.3 Å². The first kappa shape index (κ1) is 24.3. The summed E-state index contributed by atoms with van der Waals surface area (Å²) in [6.07, 6.45) is 0. The van der Waals surface area contributed by atoms with Crippen LogP contribution in [0.25, 0.3) is 10.9 Å². The molecular formula is C27H28N2O5S. The molecule has 0 atom stereocenters. The van der Waals surface area contributed by atoms with E-state index in [9.17, 15) is 9.59 Å². The minimum atomic E-state index is -0.252. The minimum absolute atomic E-state index is 0.145. The SMILES string of the molecule is COc1cc(C(=O)N(Cc2cccs2)Cc2cc3c(C)ccc(C)c3[nH]c2=O)cc(OC)c1OC. The average molecular weight is 493 g/mol. The number of fused-ring (bicyclic) bond motifs is 1. The minimum Gasteiger partial charge on any atom is -0.493 e. The van der Waals surface area contributed by atoms with E-state index in [-0.39, 0.29) is 18.0 Å². The quantitative estimate of drug-likeness (QED) is 0.371. The maximum atomic E-state index is 13.8. The van der Waals surface area contributed by atoms with Gasteiger partial charge in [-0.2, -0.15) is 0 Å². The number of hydrogen-bond acceptors (Lipinski definition) is 6. The van der Waals surface area contributed by atoms with Gasteiger partial charge < -0.3 is 24.1 Å². The lowest BCUT2D eigenvalue weighted by atomic mass is 10.0. The molecule has 0 saturated heterocycles. The van der Waals surface area contributed by atoms with Crippen molar-refractivity contribution in [2.45, 2.75) is 26.9 Å². The lowest BCUT2D eigenvalue weighted by molar-refractivity contribution is 0.0730. The third kappa shape index (κ3) is 4.88. The molecule has 182 valence electrons. The van der Waals surface area contributed by atoms with Crippen LogP contribution in [0, 0.1) is 13.8 Å². The first-order valence-corrected chi connectivity index (χ1v) is 12.0. The number of amides is 1. The molecule has 35 heavy (non-hydrogen) atoms. The molecule has 0 fully saturated rings. The van der Waals surface area contributed by atoms with E-state index in [1.165, 1.54) is 21.3 Å². The summed E-state index contributed by atoms with van der Waals surface area (Å²) < 4.78 is 16.3. The van der Waals surface area contributed by atoms with Gasteiger partial charge in [0.25, 0.3) is 11.5 Å². The zero-order valence-electron chi connectivity index (χ0n) is 20.4. The van der Waals surface area contributed by atoms with Crippen molar-refractivity contribution in [3.8, 4) is 17.2 Å². The van der Waals surface area contributed by atoms with Crippen molar-refractivity contribution >= 4 is 28.1 Å². The fourth-order valence-electron chi connectivity index (χ4n) is 4.12. The van der Waals surface area contributed by atoms with Crippen LogP contribution in [0.5, 0.6) is 17.2 Å². The third-order valence-corrected chi connectivity index (χ3v) is 6.87. The van der Waals surface area contributed by atoms with Gasteiger partial charge in [0.15, 0.2) is 11.5 Å². The first-order valence-electron chi connectivity index (χ1n) is 11.1. The number of aromatic nitrogens is 1. The van der Waals surface area contributed by atoms with Gasteiger partial charge in [-0.15, -0.1) is 11.3 Å². The monoisotopic (exact) mass is 492 g/mol. The number of hydrogen-bond donors (Lipinski definition) is 1. The number of methoxy groups -OCH3 is 3. The zero-order chi connectivity index (χ0) is 25.1. The molecule has 1 amide bonds. The summed E-state index contributed by atoms with van der Waals surface area (Å²) in [6.45, 7) is 4.48. The second-order valence-electron chi connectivity index (χ2n) is 8.27. The molecule has 0 aliphatic heterocycles. The number of aromatic amines is 1. The molecule has 0 aliphatic rings. The average Bonchev–Trinajstić information content (AvgIpc) is 3.38. The fourth-order valence-corrected chi connectivity index (χ4v) is 4.84. The van der Waals surface area contributed by atoms with E-state index in [2.05, 4.69) is 4.98 Å². The highest BCUT2D eigenvalue weighted by Crippen LogP contribution is 2.38. The maximum absolute atomic E-state index is 13.8. The summed E-state index contributed by atoms with van der Waals surface area (Å²) in [5.74, 6) is 0.938. The van der Waals surface area contributed by atoms with Crippen molar-refractivity contribution < 1.29 is 19.0 Å². The van der Waals surface area contributed by atoms with Crippen LogP contribution in [-0.4, -0.2) is 37.1 Å². The molecule has 2 aromatic heterocycles. The molecule has 8 heteroatoms. The van der Waals surface area contributed by atoms with Crippen molar-refractivity contribution in [3.05, 3.63) is 85.3 Å². The summed E-state index contributed by atoms with van der Waals surface area (Å²) in [7, 11) is 4.53. The van der Waals surface area contributed by atoms with Gasteiger partial charge in [-0.05, 0) is 54.6 Å². The maximum Gasteiger partial charge on any atom is 0.254 e. The molecule has 2 heterocycles. The number of rotatable bonds is 8. The van der Waals surface area contributed by atoms with Crippen molar-refractivity contribution in [2.75, 3.05) is 21.3 Å². The highest BCUT2D eigenvalue weighted by atomic mass is 32.1. The van der Waals surface area contributed by atoms with E-state index < -0.39 is 0 Å². The molecule has 1 N–H and O–H groups in total. The van der Waals surface area contributed by atoms with Crippen molar-refractivity contribution in [3.63, 3.8) is 0 Å². The Morgan fingerprint density at radius 1 is 0.943 bits per heavy atom. The molecule has 0 unspecified atom stereocenters. The molecule has 0 bridgehead atoms. The normalized spacial score (nSPS) is 10.9. The molecule has 4 rings (SSSR count). The van der Waals surface area contributed by atoms with E-state index in [1.807, 2.05) is 49.6 Å². The molecule has 0 radical (unpaired) electrons. The van der Waals surface area contributed by atoms with E-state index in [1.54, 1.807) is 28.4 Å². The number of carbonyl (C=O) groups is 1. The highest BCUT2D eigenvalue weighted by molar-refractivity contribution is 7.09. The van der Waals surface area contributed by atoms with Crippen LogP contribution in [0.2, 0.25) is 0 Å². The lowest BCUT2D eigenvalue weighted by Gasteiger charge is -2.23. The second-order valence-corrected chi connectivity index (χ2v) is 9.30. The van der Waals surface area contributed by atoms with Crippen LogP contribution in [0.4, 0.5) is 0 Å². The molecule has 0 aliphatic carbocycles. The summed E-state index contributed by atoms with van der Waals surface area (Å²) in [6, 6.07) is 13.1. The number of nitrogens with zero attached hydrogens (tertiary/aromatic N) is 1. The number of carbonyl (C=O) groups excluding carboxylic acids is 1. The van der Waals surface area contributed by atoms with Gasteiger partial charge in [-0.25, -0.2) is 0 Å². The second kappa shape index (κ2) is 10.2. The largest absolute Gasteiger partial charge is 0.493 e. The van der Waals surface area contributed by atoms with E-state index in [4.69, 9.17) is 14.2 Å². The van der Waals surface area contributed by atoms with Crippen LogP contribution in [-0.2, 0) is 13.1 Å².